The van der Waals surface area contributed by atoms with Gasteiger partial charge in [0.2, 0.25) is 0 Å². The predicted molar refractivity (Wildman–Crippen MR) is 66.6 cm³/mol. The molecule has 2 aromatic rings. The largest absolute Gasteiger partial charge is 0.352 e. The van der Waals surface area contributed by atoms with Crippen molar-refractivity contribution in [3.8, 4) is 5.69 Å². The van der Waals surface area contributed by atoms with Crippen LogP contribution in [0.3, 0.4) is 0 Å². The predicted octanol–water partition coefficient (Wildman–Crippen LogP) is 2.28. The number of amides is 1. The van der Waals surface area contributed by atoms with Crippen molar-refractivity contribution in [2.45, 2.75) is 6.92 Å². The van der Waals surface area contributed by atoms with Crippen LogP contribution < -0.4 is 5.32 Å². The van der Waals surface area contributed by atoms with Crippen LogP contribution in [-0.4, -0.2) is 22.2 Å². The Labute approximate surface area is 104 Å². The first kappa shape index (κ1) is 11.7. The third-order valence-corrected chi connectivity index (χ3v) is 2.53. The fourth-order valence-corrected chi connectivity index (χ4v) is 1.56. The Balaban J connectivity index is 2.23. The Bertz CT molecular complexity index is 519. The molecule has 0 aliphatic heterocycles. The van der Waals surface area contributed by atoms with Crippen LogP contribution >= 0.6 is 11.6 Å². The van der Waals surface area contributed by atoms with Crippen molar-refractivity contribution < 1.29 is 4.79 Å². The molecule has 0 aliphatic rings. The third kappa shape index (κ3) is 2.65. The highest BCUT2D eigenvalue weighted by atomic mass is 35.5. The summed E-state index contributed by atoms with van der Waals surface area (Å²) in [6.45, 7) is 2.48. The molecule has 0 saturated heterocycles. The smallest absolute Gasteiger partial charge is 0.254 e. The topological polar surface area (TPSA) is 46.9 Å². The average molecular weight is 250 g/mol. The van der Waals surface area contributed by atoms with Gasteiger partial charge in [-0.1, -0.05) is 11.6 Å². The first-order valence-electron chi connectivity index (χ1n) is 5.29. The maximum absolute atomic E-state index is 11.6. The lowest BCUT2D eigenvalue weighted by Gasteiger charge is -2.00. The lowest BCUT2D eigenvalue weighted by molar-refractivity contribution is 0.0956. The van der Waals surface area contributed by atoms with Crippen molar-refractivity contribution in [2.75, 3.05) is 6.54 Å². The molecule has 2 rings (SSSR count). The van der Waals surface area contributed by atoms with Crippen LogP contribution in [0.2, 0.25) is 5.02 Å². The Kier molecular flexibility index (Phi) is 3.44. The molecule has 0 aliphatic carbocycles. The van der Waals surface area contributed by atoms with Crippen LogP contribution in [-0.2, 0) is 0 Å². The molecule has 0 atom stereocenters. The van der Waals surface area contributed by atoms with Crippen molar-refractivity contribution in [2.24, 2.45) is 0 Å². The molecule has 17 heavy (non-hydrogen) atoms. The summed E-state index contributed by atoms with van der Waals surface area (Å²) >= 11 is 5.80. The molecular weight excluding hydrogens is 238 g/mol. The number of halogens is 1. The van der Waals surface area contributed by atoms with E-state index in [1.54, 1.807) is 29.2 Å². The average Bonchev–Trinajstić information content (AvgIpc) is 2.80. The van der Waals surface area contributed by atoms with Gasteiger partial charge < -0.3 is 5.32 Å². The maximum atomic E-state index is 11.6. The monoisotopic (exact) mass is 249 g/mol. The van der Waals surface area contributed by atoms with Gasteiger partial charge in [0, 0.05) is 17.8 Å². The number of aromatic nitrogens is 2. The summed E-state index contributed by atoms with van der Waals surface area (Å²) in [5, 5.41) is 7.53. The number of nitrogens with zero attached hydrogens (tertiary/aromatic N) is 2. The van der Waals surface area contributed by atoms with E-state index in [1.165, 1.54) is 0 Å². The first-order chi connectivity index (χ1) is 8.20. The van der Waals surface area contributed by atoms with Crippen LogP contribution in [0.1, 0.15) is 17.3 Å². The second-order valence-electron chi connectivity index (χ2n) is 3.51. The molecule has 1 heterocycles. The normalized spacial score (nSPS) is 10.2. The molecule has 0 bridgehead atoms. The fourth-order valence-electron chi connectivity index (χ4n) is 1.44. The Morgan fingerprint density at radius 1 is 1.41 bits per heavy atom. The molecule has 0 radical (unpaired) electrons. The minimum Gasteiger partial charge on any atom is -0.352 e. The van der Waals surface area contributed by atoms with Crippen molar-refractivity contribution in [1.29, 1.82) is 0 Å². The molecule has 1 aromatic carbocycles. The van der Waals surface area contributed by atoms with E-state index in [1.807, 2.05) is 19.1 Å². The zero-order valence-electron chi connectivity index (χ0n) is 9.35. The lowest BCUT2D eigenvalue weighted by atomic mass is 10.3. The first-order valence-corrected chi connectivity index (χ1v) is 5.67. The van der Waals surface area contributed by atoms with Gasteiger partial charge in [0.1, 0.15) is 0 Å². The summed E-state index contributed by atoms with van der Waals surface area (Å²) in [5.41, 5.74) is 1.41. The summed E-state index contributed by atoms with van der Waals surface area (Å²) in [6.07, 6.45) is 3.23. The number of carbonyl (C=O) groups is 1. The zero-order valence-corrected chi connectivity index (χ0v) is 10.1. The number of rotatable bonds is 3. The highest BCUT2D eigenvalue weighted by Crippen LogP contribution is 2.13. The van der Waals surface area contributed by atoms with Gasteiger partial charge in [-0.2, -0.15) is 5.10 Å². The van der Waals surface area contributed by atoms with Crippen LogP contribution in [0.5, 0.6) is 0 Å². The van der Waals surface area contributed by atoms with Gasteiger partial charge in [-0.15, -0.1) is 0 Å². The highest BCUT2D eigenvalue weighted by Gasteiger charge is 2.07. The molecule has 1 amide bonds. The fraction of sp³-hybridized carbons (Fsp3) is 0.167. The van der Waals surface area contributed by atoms with Crippen molar-refractivity contribution in [1.82, 2.24) is 15.1 Å². The van der Waals surface area contributed by atoms with Crippen LogP contribution in [0.4, 0.5) is 0 Å². The maximum Gasteiger partial charge on any atom is 0.254 e. The molecule has 88 valence electrons. The number of benzene rings is 1. The molecule has 0 unspecified atom stereocenters. The molecule has 0 spiro atoms. The van der Waals surface area contributed by atoms with Gasteiger partial charge in [-0.05, 0) is 31.2 Å². The van der Waals surface area contributed by atoms with Gasteiger partial charge in [0.05, 0.1) is 17.4 Å². The van der Waals surface area contributed by atoms with E-state index in [2.05, 4.69) is 10.4 Å². The minimum atomic E-state index is -0.118. The SMILES string of the molecule is CCNC(=O)c1cnn(-c2ccc(Cl)cc2)c1. The molecule has 0 saturated carbocycles. The molecule has 5 heteroatoms. The van der Waals surface area contributed by atoms with E-state index in [0.717, 1.165) is 5.69 Å². The molecule has 1 aromatic heterocycles. The second kappa shape index (κ2) is 5.01. The Hall–Kier alpha value is -1.81. The van der Waals surface area contributed by atoms with Crippen molar-refractivity contribution in [3.05, 3.63) is 47.2 Å². The number of hydrogen-bond acceptors (Lipinski definition) is 2. The minimum absolute atomic E-state index is 0.118. The van der Waals surface area contributed by atoms with E-state index >= 15 is 0 Å². The number of nitrogens with one attached hydrogen (secondary N) is 1. The van der Waals surface area contributed by atoms with E-state index in [4.69, 9.17) is 11.6 Å². The van der Waals surface area contributed by atoms with Crippen molar-refractivity contribution >= 4 is 17.5 Å². The molecule has 1 N–H and O–H groups in total. The zero-order chi connectivity index (χ0) is 12.3. The van der Waals surface area contributed by atoms with Crippen molar-refractivity contribution in [3.63, 3.8) is 0 Å². The van der Waals surface area contributed by atoms with E-state index in [9.17, 15) is 4.79 Å². The molecular formula is C12H12ClN3O. The third-order valence-electron chi connectivity index (χ3n) is 2.27. The van der Waals surface area contributed by atoms with Gasteiger partial charge >= 0.3 is 0 Å². The van der Waals surface area contributed by atoms with Gasteiger partial charge in [-0.25, -0.2) is 4.68 Å². The molecule has 0 fully saturated rings. The highest BCUT2D eigenvalue weighted by molar-refractivity contribution is 6.30. The van der Waals surface area contributed by atoms with Crippen LogP contribution in [0.15, 0.2) is 36.7 Å². The molecule has 4 nitrogen and oxygen atoms in total. The van der Waals surface area contributed by atoms with E-state index < -0.39 is 0 Å². The number of carbonyl (C=O) groups excluding carboxylic acids is 1. The summed E-state index contributed by atoms with van der Waals surface area (Å²) in [7, 11) is 0. The quantitative estimate of drug-likeness (QED) is 0.907. The summed E-state index contributed by atoms with van der Waals surface area (Å²) in [4.78, 5) is 11.6. The van der Waals surface area contributed by atoms with E-state index in [0.29, 0.717) is 17.1 Å². The van der Waals surface area contributed by atoms with Crippen LogP contribution in [0, 0.1) is 0 Å². The standard InChI is InChI=1S/C12H12ClN3O/c1-2-14-12(17)9-7-15-16(8-9)11-5-3-10(13)4-6-11/h3-8H,2H2,1H3,(H,14,17). The summed E-state index contributed by atoms with van der Waals surface area (Å²) in [5.74, 6) is -0.118. The van der Waals surface area contributed by atoms with Gasteiger partial charge in [-0.3, -0.25) is 4.79 Å². The van der Waals surface area contributed by atoms with E-state index in [-0.39, 0.29) is 5.91 Å². The summed E-state index contributed by atoms with van der Waals surface area (Å²) in [6, 6.07) is 7.25. The van der Waals surface area contributed by atoms with Gasteiger partial charge in [0.25, 0.3) is 5.91 Å². The lowest BCUT2D eigenvalue weighted by Crippen LogP contribution is -2.22. The Morgan fingerprint density at radius 3 is 2.76 bits per heavy atom. The number of hydrogen-bond donors (Lipinski definition) is 1. The van der Waals surface area contributed by atoms with Crippen LogP contribution in [0.25, 0.3) is 5.69 Å². The Morgan fingerprint density at radius 2 is 2.12 bits per heavy atom. The second-order valence-corrected chi connectivity index (χ2v) is 3.95. The summed E-state index contributed by atoms with van der Waals surface area (Å²) < 4.78 is 1.64. The van der Waals surface area contributed by atoms with Gasteiger partial charge in [0.15, 0.2) is 0 Å².